The zero-order chi connectivity index (χ0) is 31.6. The molecule has 2 bridgehead atoms. The van der Waals surface area contributed by atoms with Crippen LogP contribution in [0.4, 0.5) is 4.79 Å². The first-order valence-electron chi connectivity index (χ1n) is 13.7. The lowest BCUT2D eigenvalue weighted by atomic mass is 9.85. The number of Topliss-reactive ketones (excluding diaryl/α,β-unsaturated/α-hetero) is 1. The second-order valence-corrected chi connectivity index (χ2v) is 10.9. The molecular weight excluding hydrogens is 566 g/mol. The number of hydrogen-bond donors (Lipinski definition) is 4. The van der Waals surface area contributed by atoms with Crippen LogP contribution in [0.2, 0.25) is 0 Å². The number of aliphatic hydroxyl groups is 1. The Morgan fingerprint density at radius 1 is 1.19 bits per heavy atom. The molecule has 2 aliphatic rings. The highest BCUT2D eigenvalue weighted by Crippen LogP contribution is 2.28. The molecule has 0 saturated heterocycles. The zero-order valence-corrected chi connectivity index (χ0v) is 25.7. The number of aliphatic hydroxyl groups excluding tert-OH is 1. The van der Waals surface area contributed by atoms with Crippen LogP contribution in [-0.4, -0.2) is 79.7 Å². The molecule has 232 valence electrons. The van der Waals surface area contributed by atoms with E-state index in [0.717, 1.165) is 6.08 Å². The normalized spacial score (nSPS) is 31.7. The first-order chi connectivity index (χ1) is 19.8. The van der Waals surface area contributed by atoms with E-state index in [4.69, 9.17) is 31.5 Å². The summed E-state index contributed by atoms with van der Waals surface area (Å²) in [4.78, 5) is 51.3. The number of carbonyl (C=O) groups is 4. The van der Waals surface area contributed by atoms with Gasteiger partial charge < -0.3 is 35.7 Å². The molecule has 6 atom stereocenters. The summed E-state index contributed by atoms with van der Waals surface area (Å²) in [5.41, 5.74) is 6.38. The molecule has 1 heterocycles. The molecule has 1 aliphatic carbocycles. The van der Waals surface area contributed by atoms with Crippen LogP contribution in [0.3, 0.4) is 0 Å². The average molecular weight is 608 g/mol. The lowest BCUT2D eigenvalue weighted by molar-refractivity contribution is -0.120. The summed E-state index contributed by atoms with van der Waals surface area (Å²) >= 11 is 5.82. The second-order valence-electron chi connectivity index (χ2n) is 10.5. The third-order valence-electron chi connectivity index (χ3n) is 7.19. The molecule has 0 fully saturated rings. The van der Waals surface area contributed by atoms with Crippen molar-refractivity contribution >= 4 is 35.2 Å². The number of nitrogens with two attached hydrogens (primary N) is 1. The number of alkyl halides is 1. The van der Waals surface area contributed by atoms with Gasteiger partial charge in [0, 0.05) is 49.8 Å². The van der Waals surface area contributed by atoms with Crippen molar-refractivity contribution in [1.29, 1.82) is 0 Å². The quantitative estimate of drug-likeness (QED) is 0.202. The average Bonchev–Trinajstić information content (AvgIpc) is 2.94. The van der Waals surface area contributed by atoms with Crippen molar-refractivity contribution in [3.05, 3.63) is 58.5 Å². The number of halogens is 1. The van der Waals surface area contributed by atoms with Crippen LogP contribution in [0.25, 0.3) is 0 Å². The fourth-order valence-electron chi connectivity index (χ4n) is 4.95. The number of fused-ring (bicyclic) bond motifs is 2. The summed E-state index contributed by atoms with van der Waals surface area (Å²) in [5.74, 6) is -1.96. The fourth-order valence-corrected chi connectivity index (χ4v) is 5.05. The number of nitrogens with one attached hydrogen (secondary N) is 2. The maximum Gasteiger partial charge on any atom is 0.405 e. The predicted molar refractivity (Wildman–Crippen MR) is 158 cm³/mol. The number of hydrogen-bond acceptors (Lipinski definition) is 9. The van der Waals surface area contributed by atoms with E-state index in [1.165, 1.54) is 20.3 Å². The lowest BCUT2D eigenvalue weighted by Crippen LogP contribution is -2.38. The van der Waals surface area contributed by atoms with E-state index in [9.17, 15) is 24.3 Å². The summed E-state index contributed by atoms with van der Waals surface area (Å²) in [6.45, 7) is 7.22. The van der Waals surface area contributed by atoms with E-state index < -0.39 is 53.9 Å². The monoisotopic (exact) mass is 607 g/mol. The van der Waals surface area contributed by atoms with Crippen molar-refractivity contribution in [3.8, 4) is 0 Å². The van der Waals surface area contributed by atoms with Gasteiger partial charge in [0.1, 0.15) is 6.10 Å². The molecule has 42 heavy (non-hydrogen) atoms. The number of carbonyl (C=O) groups excluding carboxylic acids is 4. The summed E-state index contributed by atoms with van der Waals surface area (Å²) in [6.07, 6.45) is 3.71. The summed E-state index contributed by atoms with van der Waals surface area (Å²) < 4.78 is 16.5. The van der Waals surface area contributed by atoms with Crippen molar-refractivity contribution in [2.75, 3.05) is 26.6 Å². The third-order valence-corrected chi connectivity index (χ3v) is 7.38. The maximum atomic E-state index is 13.5. The van der Waals surface area contributed by atoms with Gasteiger partial charge >= 0.3 is 6.09 Å². The number of allylic oxidation sites excluding steroid dienone is 4. The molecule has 12 heteroatoms. The standard InChI is InChI=1S/C30H42ClN3O8/c1-16-12-20-25(33-11-10-31)22(35)15-21(27(20)37)34-29(38)17(2)8-7-9-23(40-5)28(42-30(32)39)19(4)14-18(3)26(36)24(13-16)41-6/h7-9,14-16,18,23-24,26,28,33,36H,10-13H2,1-6H3,(H2,32,39)(H,34,38)/b9-7-,17-8+,19-14+/t16-,18-,23-,24-,26-,28-/m1/s1. The van der Waals surface area contributed by atoms with Crippen molar-refractivity contribution < 1.29 is 38.5 Å². The minimum atomic E-state index is -1.00. The number of amides is 2. The SMILES string of the molecule is CO[C@@H]1/C=C\C=C(/C)C(=O)NC2=CC(=O)C(NCCCl)=C(C[C@@H](C)C[C@@H](OC)[C@H](O)[C@H](C)/C=C(\C)[C@H]1OC(N)=O)C2=O. The van der Waals surface area contributed by atoms with E-state index in [0.29, 0.717) is 12.0 Å². The van der Waals surface area contributed by atoms with Crippen molar-refractivity contribution in [2.45, 2.75) is 65.0 Å². The van der Waals surface area contributed by atoms with Crippen LogP contribution in [0.5, 0.6) is 0 Å². The summed E-state index contributed by atoms with van der Waals surface area (Å²) in [6, 6.07) is 0. The minimum absolute atomic E-state index is 0.138. The van der Waals surface area contributed by atoms with Gasteiger partial charge in [0.2, 0.25) is 11.6 Å². The van der Waals surface area contributed by atoms with Gasteiger partial charge in [-0.15, -0.1) is 11.6 Å². The van der Waals surface area contributed by atoms with Gasteiger partial charge in [0.15, 0.2) is 6.10 Å². The van der Waals surface area contributed by atoms with Crippen LogP contribution in [0.1, 0.15) is 40.5 Å². The Hall–Kier alpha value is -3.25. The van der Waals surface area contributed by atoms with E-state index in [-0.39, 0.29) is 47.3 Å². The molecule has 0 aromatic carbocycles. The van der Waals surface area contributed by atoms with Crippen molar-refractivity contribution in [1.82, 2.24) is 10.6 Å². The largest absolute Gasteiger partial charge is 0.439 e. The first kappa shape index (κ1) is 34.9. The Labute approximate surface area is 251 Å². The third kappa shape index (κ3) is 9.38. The molecule has 0 unspecified atom stereocenters. The highest BCUT2D eigenvalue weighted by Gasteiger charge is 2.33. The summed E-state index contributed by atoms with van der Waals surface area (Å²) in [5, 5.41) is 16.7. The summed E-state index contributed by atoms with van der Waals surface area (Å²) in [7, 11) is 2.91. The van der Waals surface area contributed by atoms with Gasteiger partial charge in [-0.3, -0.25) is 14.4 Å². The topological polar surface area (TPSA) is 166 Å². The van der Waals surface area contributed by atoms with E-state index in [2.05, 4.69) is 10.6 Å². The number of ketones is 2. The number of primary amides is 1. The van der Waals surface area contributed by atoms with Crippen LogP contribution in [-0.2, 0) is 28.6 Å². The van der Waals surface area contributed by atoms with Crippen molar-refractivity contribution in [2.24, 2.45) is 17.6 Å². The van der Waals surface area contributed by atoms with E-state index >= 15 is 0 Å². The molecule has 0 aromatic heterocycles. The smallest absolute Gasteiger partial charge is 0.405 e. The molecule has 0 radical (unpaired) electrons. The Balaban J connectivity index is 2.61. The first-order valence-corrected chi connectivity index (χ1v) is 14.3. The minimum Gasteiger partial charge on any atom is -0.439 e. The molecule has 1 aliphatic heterocycles. The Morgan fingerprint density at radius 3 is 2.48 bits per heavy atom. The maximum absolute atomic E-state index is 13.5. The van der Waals surface area contributed by atoms with Gasteiger partial charge in [-0.1, -0.05) is 38.2 Å². The van der Waals surface area contributed by atoms with Gasteiger partial charge in [-0.2, -0.15) is 0 Å². The van der Waals surface area contributed by atoms with Crippen LogP contribution in [0.15, 0.2) is 58.5 Å². The Bertz CT molecular complexity index is 1190. The molecular formula is C30H42ClN3O8. The lowest BCUT2D eigenvalue weighted by Gasteiger charge is -2.30. The van der Waals surface area contributed by atoms with E-state index in [1.807, 2.05) is 6.92 Å². The molecule has 11 nitrogen and oxygen atoms in total. The van der Waals surface area contributed by atoms with Crippen molar-refractivity contribution in [3.63, 3.8) is 0 Å². The molecule has 0 saturated carbocycles. The Morgan fingerprint density at radius 2 is 1.88 bits per heavy atom. The van der Waals surface area contributed by atoms with Crippen LogP contribution < -0.4 is 16.4 Å². The van der Waals surface area contributed by atoms with Gasteiger partial charge in [0.05, 0.1) is 23.6 Å². The van der Waals surface area contributed by atoms with E-state index in [1.54, 1.807) is 39.0 Å². The number of ether oxygens (including phenoxy) is 3. The molecule has 0 aromatic rings. The number of rotatable bonds is 6. The van der Waals surface area contributed by atoms with Crippen LogP contribution in [0, 0.1) is 11.8 Å². The van der Waals surface area contributed by atoms with Gasteiger partial charge in [-0.25, -0.2) is 4.79 Å². The van der Waals surface area contributed by atoms with Gasteiger partial charge in [0.25, 0.3) is 5.91 Å². The fraction of sp³-hybridized carbons (Fsp3) is 0.533. The zero-order valence-electron chi connectivity index (χ0n) is 24.9. The molecule has 2 rings (SSSR count). The highest BCUT2D eigenvalue weighted by molar-refractivity contribution is 6.23. The van der Waals surface area contributed by atoms with Crippen LogP contribution >= 0.6 is 11.6 Å². The number of methoxy groups -OCH3 is 2. The Kier molecular flexibility index (Phi) is 13.6. The van der Waals surface area contributed by atoms with Gasteiger partial charge in [-0.05, 0) is 38.2 Å². The highest BCUT2D eigenvalue weighted by atomic mass is 35.5. The molecule has 5 N–H and O–H groups in total. The molecule has 2 amide bonds. The second kappa shape index (κ2) is 16.4. The molecule has 0 spiro atoms. The predicted octanol–water partition coefficient (Wildman–Crippen LogP) is 2.59.